The molecule has 0 fully saturated rings. The molecule has 130 valence electrons. The Kier molecular flexibility index (Phi) is 6.27. The molecule has 25 heavy (non-hydrogen) atoms. The van der Waals surface area contributed by atoms with Crippen molar-refractivity contribution >= 4 is 11.6 Å². The van der Waals surface area contributed by atoms with Crippen LogP contribution in [0.4, 0.5) is 13.2 Å². The van der Waals surface area contributed by atoms with Crippen molar-refractivity contribution in [1.82, 2.24) is 0 Å². The maximum atomic E-state index is 14.4. The van der Waals surface area contributed by atoms with Crippen LogP contribution >= 0.6 is 11.6 Å². The quantitative estimate of drug-likeness (QED) is 0.416. The Morgan fingerprint density at radius 3 is 1.64 bits per heavy atom. The Balaban J connectivity index is 0.00000109. The van der Waals surface area contributed by atoms with Crippen molar-refractivity contribution in [3.8, 4) is 22.3 Å². The molecule has 3 aromatic rings. The van der Waals surface area contributed by atoms with Crippen molar-refractivity contribution in [3.63, 3.8) is 0 Å². The van der Waals surface area contributed by atoms with Gasteiger partial charge in [-0.1, -0.05) is 67.4 Å². The van der Waals surface area contributed by atoms with Gasteiger partial charge in [0.2, 0.25) is 0 Å². The van der Waals surface area contributed by atoms with Crippen LogP contribution in [0, 0.1) is 24.4 Å². The predicted molar refractivity (Wildman–Crippen MR) is 98.3 cm³/mol. The summed E-state index contributed by atoms with van der Waals surface area (Å²) < 4.78 is 41.5. The summed E-state index contributed by atoms with van der Waals surface area (Å²) in [4.78, 5) is 0. The van der Waals surface area contributed by atoms with E-state index in [1.807, 2.05) is 45.0 Å². The fraction of sp³-hybridized carbons (Fsp3) is 0.143. The van der Waals surface area contributed by atoms with Gasteiger partial charge in [0.25, 0.3) is 0 Å². The van der Waals surface area contributed by atoms with E-state index < -0.39 is 22.5 Å². The zero-order chi connectivity index (χ0) is 18.6. The molecular formula is C21H18ClF3. The van der Waals surface area contributed by atoms with Crippen LogP contribution in [0.5, 0.6) is 0 Å². The largest absolute Gasteiger partial charge is 0.206 e. The van der Waals surface area contributed by atoms with E-state index in [0.717, 1.165) is 23.3 Å². The molecule has 0 heterocycles. The van der Waals surface area contributed by atoms with Gasteiger partial charge in [-0.3, -0.25) is 0 Å². The number of aryl methyl sites for hydroxylation is 1. The summed E-state index contributed by atoms with van der Waals surface area (Å²) in [5.74, 6) is -2.38. The zero-order valence-corrected chi connectivity index (χ0v) is 15.0. The lowest BCUT2D eigenvalue weighted by Crippen LogP contribution is -1.91. The first kappa shape index (κ1) is 19.1. The lowest BCUT2D eigenvalue weighted by atomic mass is 9.99. The number of hydrogen-bond donors (Lipinski definition) is 0. The molecule has 4 heteroatoms. The first-order valence-electron chi connectivity index (χ1n) is 7.97. The van der Waals surface area contributed by atoms with E-state index in [9.17, 15) is 13.2 Å². The number of hydrogen-bond acceptors (Lipinski definition) is 0. The topological polar surface area (TPSA) is 0 Å². The van der Waals surface area contributed by atoms with Crippen LogP contribution < -0.4 is 0 Å². The predicted octanol–water partition coefficient (Wildman–Crippen LogP) is 7.43. The van der Waals surface area contributed by atoms with Crippen LogP contribution in [0.25, 0.3) is 22.3 Å². The van der Waals surface area contributed by atoms with Crippen LogP contribution in [-0.2, 0) is 0 Å². The molecule has 0 aliphatic rings. The Morgan fingerprint density at radius 1 is 0.640 bits per heavy atom. The molecular weight excluding hydrogens is 345 g/mol. The molecule has 0 aliphatic heterocycles. The lowest BCUT2D eigenvalue weighted by Gasteiger charge is -2.08. The van der Waals surface area contributed by atoms with Gasteiger partial charge in [0.1, 0.15) is 22.5 Å². The van der Waals surface area contributed by atoms with Crippen LogP contribution in [0.3, 0.4) is 0 Å². The molecule has 0 atom stereocenters. The highest BCUT2D eigenvalue weighted by Crippen LogP contribution is 2.31. The monoisotopic (exact) mass is 362 g/mol. The standard InChI is InChI=1S/C19H12ClF3.C2H6/c1-11-2-4-12(5-3-11)13-6-7-15(16(21)8-13)14-9-17(22)19(20)18(23)10-14;1-2/h2-10H,1H3;1-2H3. The minimum absolute atomic E-state index is 0.109. The molecule has 0 unspecified atom stereocenters. The van der Waals surface area contributed by atoms with Crippen molar-refractivity contribution in [2.45, 2.75) is 20.8 Å². The molecule has 0 saturated carbocycles. The normalized spacial score (nSPS) is 10.2. The van der Waals surface area contributed by atoms with E-state index in [1.165, 1.54) is 12.1 Å². The summed E-state index contributed by atoms with van der Waals surface area (Å²) in [5.41, 5.74) is 2.90. The van der Waals surface area contributed by atoms with E-state index >= 15 is 0 Å². The maximum absolute atomic E-state index is 14.4. The van der Waals surface area contributed by atoms with Crippen molar-refractivity contribution < 1.29 is 13.2 Å². The van der Waals surface area contributed by atoms with Gasteiger partial charge >= 0.3 is 0 Å². The molecule has 0 nitrogen and oxygen atoms in total. The van der Waals surface area contributed by atoms with Crippen molar-refractivity contribution in [2.75, 3.05) is 0 Å². The second kappa shape index (κ2) is 8.21. The van der Waals surface area contributed by atoms with Gasteiger partial charge in [0, 0.05) is 5.56 Å². The highest BCUT2D eigenvalue weighted by molar-refractivity contribution is 6.31. The highest BCUT2D eigenvalue weighted by atomic mass is 35.5. The molecule has 0 bridgehead atoms. The molecule has 0 amide bonds. The molecule has 3 aromatic carbocycles. The number of benzene rings is 3. The van der Waals surface area contributed by atoms with Gasteiger partial charge in [-0.05, 0) is 41.8 Å². The van der Waals surface area contributed by atoms with Crippen LogP contribution in [0.2, 0.25) is 5.02 Å². The Morgan fingerprint density at radius 2 is 1.12 bits per heavy atom. The molecule has 0 N–H and O–H groups in total. The second-order valence-electron chi connectivity index (χ2n) is 5.31. The van der Waals surface area contributed by atoms with Gasteiger partial charge < -0.3 is 0 Å². The average molecular weight is 363 g/mol. The minimum Gasteiger partial charge on any atom is -0.206 e. The summed E-state index contributed by atoms with van der Waals surface area (Å²) >= 11 is 5.45. The summed E-state index contributed by atoms with van der Waals surface area (Å²) in [7, 11) is 0. The molecule has 0 spiro atoms. The van der Waals surface area contributed by atoms with Crippen molar-refractivity contribution in [3.05, 3.63) is 82.6 Å². The van der Waals surface area contributed by atoms with Crippen molar-refractivity contribution in [2.24, 2.45) is 0 Å². The molecule has 0 aromatic heterocycles. The first-order chi connectivity index (χ1) is 12.0. The Hall–Kier alpha value is -2.26. The second-order valence-corrected chi connectivity index (χ2v) is 5.69. The summed E-state index contributed by atoms with van der Waals surface area (Å²) in [6.45, 7) is 5.97. The van der Waals surface area contributed by atoms with Gasteiger partial charge in [-0.25, -0.2) is 13.2 Å². The van der Waals surface area contributed by atoms with E-state index in [1.54, 1.807) is 6.07 Å². The SMILES string of the molecule is CC.Cc1ccc(-c2ccc(-c3cc(F)c(Cl)c(F)c3)c(F)c2)cc1. The smallest absolute Gasteiger partial charge is 0.145 e. The third kappa shape index (κ3) is 4.23. The van der Waals surface area contributed by atoms with Crippen LogP contribution in [-0.4, -0.2) is 0 Å². The molecule has 0 radical (unpaired) electrons. The van der Waals surface area contributed by atoms with Crippen LogP contribution in [0.1, 0.15) is 19.4 Å². The van der Waals surface area contributed by atoms with E-state index in [0.29, 0.717) is 5.56 Å². The zero-order valence-electron chi connectivity index (χ0n) is 14.2. The van der Waals surface area contributed by atoms with Gasteiger partial charge in [0.15, 0.2) is 0 Å². The minimum atomic E-state index is -0.913. The van der Waals surface area contributed by atoms with Gasteiger partial charge in [0.05, 0.1) is 0 Å². The maximum Gasteiger partial charge on any atom is 0.145 e. The Bertz CT molecular complexity index is 848. The van der Waals surface area contributed by atoms with E-state index in [2.05, 4.69) is 0 Å². The van der Waals surface area contributed by atoms with Crippen LogP contribution in [0.15, 0.2) is 54.6 Å². The summed E-state index contributed by atoms with van der Waals surface area (Å²) in [6.07, 6.45) is 0. The molecule has 0 saturated heterocycles. The summed E-state index contributed by atoms with van der Waals surface area (Å²) in [6, 6.07) is 14.3. The third-order valence-corrected chi connectivity index (χ3v) is 4.01. The lowest BCUT2D eigenvalue weighted by molar-refractivity contribution is 0.584. The van der Waals surface area contributed by atoms with Crippen molar-refractivity contribution in [1.29, 1.82) is 0 Å². The summed E-state index contributed by atoms with van der Waals surface area (Å²) in [5, 5.41) is -0.592. The third-order valence-electron chi connectivity index (χ3n) is 3.65. The fourth-order valence-electron chi connectivity index (χ4n) is 2.39. The molecule has 0 aliphatic carbocycles. The highest BCUT2D eigenvalue weighted by Gasteiger charge is 2.13. The van der Waals surface area contributed by atoms with E-state index in [-0.39, 0.29) is 11.1 Å². The fourth-order valence-corrected chi connectivity index (χ4v) is 2.49. The first-order valence-corrected chi connectivity index (χ1v) is 8.35. The number of rotatable bonds is 2. The Labute approximate surface area is 150 Å². The van der Waals surface area contributed by atoms with E-state index in [4.69, 9.17) is 11.6 Å². The average Bonchev–Trinajstić information content (AvgIpc) is 2.61. The van der Waals surface area contributed by atoms with Gasteiger partial charge in [-0.15, -0.1) is 0 Å². The number of halogens is 4. The van der Waals surface area contributed by atoms with Gasteiger partial charge in [-0.2, -0.15) is 0 Å². The molecule has 3 rings (SSSR count).